The first-order valence-corrected chi connectivity index (χ1v) is 3.30. The van der Waals surface area contributed by atoms with E-state index in [1.54, 1.807) is 6.92 Å². The predicted molar refractivity (Wildman–Crippen MR) is 36.4 cm³/mol. The molecule has 0 rings (SSSR count). The number of hydrogen-bond acceptors (Lipinski definition) is 2. The Morgan fingerprint density at radius 1 is 1.50 bits per heavy atom. The van der Waals surface area contributed by atoms with E-state index in [0.29, 0.717) is 0 Å². The first-order chi connectivity index (χ1) is 5.49. The highest BCUT2D eigenvalue weighted by atomic mass is 19.3. The van der Waals surface area contributed by atoms with Crippen molar-refractivity contribution in [3.63, 3.8) is 0 Å². The Kier molecular flexibility index (Phi) is 4.39. The van der Waals surface area contributed by atoms with Crippen LogP contribution in [0.5, 0.6) is 0 Å². The standard InChI is InChI=1S/C7H9F3O2/c1-3-4(2)7(11)12-6(10)5(8)9/h5-6H,2-3H2,1H3. The Labute approximate surface area is 68.0 Å². The van der Waals surface area contributed by atoms with Crippen LogP contribution in [-0.2, 0) is 9.53 Å². The van der Waals surface area contributed by atoms with E-state index in [1.807, 2.05) is 0 Å². The average molecular weight is 182 g/mol. The maximum absolute atomic E-state index is 12.0. The lowest BCUT2D eigenvalue weighted by Crippen LogP contribution is -2.21. The maximum atomic E-state index is 12.0. The molecule has 0 heterocycles. The van der Waals surface area contributed by atoms with Gasteiger partial charge in [0.05, 0.1) is 0 Å². The summed E-state index contributed by atoms with van der Waals surface area (Å²) in [5.41, 5.74) is -0.0294. The van der Waals surface area contributed by atoms with Crippen LogP contribution in [0.25, 0.3) is 0 Å². The summed E-state index contributed by atoms with van der Waals surface area (Å²) >= 11 is 0. The third kappa shape index (κ3) is 3.41. The molecule has 0 N–H and O–H groups in total. The smallest absolute Gasteiger partial charge is 0.336 e. The summed E-state index contributed by atoms with van der Waals surface area (Å²) in [4.78, 5) is 10.6. The van der Waals surface area contributed by atoms with E-state index in [1.165, 1.54) is 0 Å². The van der Waals surface area contributed by atoms with Gasteiger partial charge in [-0.25, -0.2) is 13.6 Å². The van der Waals surface area contributed by atoms with Crippen LogP contribution in [0.3, 0.4) is 0 Å². The summed E-state index contributed by atoms with van der Waals surface area (Å²) in [6, 6.07) is 0. The van der Waals surface area contributed by atoms with Gasteiger partial charge in [-0.2, -0.15) is 4.39 Å². The molecule has 0 amide bonds. The molecular weight excluding hydrogens is 173 g/mol. The molecular formula is C7H9F3O2. The average Bonchev–Trinajstić information content (AvgIpc) is 2.02. The van der Waals surface area contributed by atoms with E-state index in [0.717, 1.165) is 0 Å². The van der Waals surface area contributed by atoms with E-state index in [9.17, 15) is 18.0 Å². The van der Waals surface area contributed by atoms with E-state index in [-0.39, 0.29) is 12.0 Å². The lowest BCUT2D eigenvalue weighted by molar-refractivity contribution is -0.169. The van der Waals surface area contributed by atoms with Crippen LogP contribution in [0, 0.1) is 0 Å². The van der Waals surface area contributed by atoms with E-state index < -0.39 is 18.8 Å². The number of esters is 1. The van der Waals surface area contributed by atoms with Gasteiger partial charge in [-0.1, -0.05) is 13.5 Å². The molecule has 0 aromatic heterocycles. The number of hydrogen-bond donors (Lipinski definition) is 0. The molecule has 0 aromatic rings. The number of carbonyl (C=O) groups excluding carboxylic acids is 1. The molecule has 0 fully saturated rings. The predicted octanol–water partition coefficient (Wildman–Crippen LogP) is 2.06. The molecule has 0 saturated carbocycles. The minimum atomic E-state index is -3.31. The topological polar surface area (TPSA) is 26.3 Å². The number of rotatable bonds is 4. The summed E-state index contributed by atoms with van der Waals surface area (Å²) < 4.78 is 38.7. The SMILES string of the molecule is C=C(CC)C(=O)OC(F)C(F)F. The highest BCUT2D eigenvalue weighted by Gasteiger charge is 2.23. The highest BCUT2D eigenvalue weighted by molar-refractivity contribution is 5.87. The lowest BCUT2D eigenvalue weighted by Gasteiger charge is -2.08. The van der Waals surface area contributed by atoms with Gasteiger partial charge in [-0.05, 0) is 6.42 Å². The van der Waals surface area contributed by atoms with E-state index in [4.69, 9.17) is 0 Å². The molecule has 0 radical (unpaired) electrons. The van der Waals surface area contributed by atoms with Crippen LogP contribution in [0.2, 0.25) is 0 Å². The van der Waals surface area contributed by atoms with Gasteiger partial charge >= 0.3 is 18.8 Å². The molecule has 5 heteroatoms. The molecule has 2 nitrogen and oxygen atoms in total. The van der Waals surface area contributed by atoms with Crippen molar-refractivity contribution in [2.45, 2.75) is 26.1 Å². The number of alkyl halides is 3. The second-order valence-corrected chi connectivity index (χ2v) is 2.05. The van der Waals surface area contributed by atoms with Crippen LogP contribution in [0.4, 0.5) is 13.2 Å². The van der Waals surface area contributed by atoms with Crippen molar-refractivity contribution in [3.05, 3.63) is 12.2 Å². The number of ether oxygens (including phenoxy) is 1. The van der Waals surface area contributed by atoms with Gasteiger partial charge in [0.2, 0.25) is 0 Å². The Bertz CT molecular complexity index is 179. The van der Waals surface area contributed by atoms with E-state index in [2.05, 4.69) is 11.3 Å². The fourth-order valence-corrected chi connectivity index (χ4v) is 0.381. The largest absolute Gasteiger partial charge is 0.421 e. The van der Waals surface area contributed by atoms with E-state index >= 15 is 0 Å². The van der Waals surface area contributed by atoms with Gasteiger partial charge in [0.15, 0.2) is 0 Å². The summed E-state index contributed by atoms with van der Waals surface area (Å²) in [6.45, 7) is 4.78. The fraction of sp³-hybridized carbons (Fsp3) is 0.571. The Morgan fingerprint density at radius 3 is 2.33 bits per heavy atom. The molecule has 1 unspecified atom stereocenters. The molecule has 0 spiro atoms. The molecule has 12 heavy (non-hydrogen) atoms. The first-order valence-electron chi connectivity index (χ1n) is 3.30. The Balaban J connectivity index is 3.92. The monoisotopic (exact) mass is 182 g/mol. The van der Waals surface area contributed by atoms with Gasteiger partial charge in [-0.3, -0.25) is 0 Å². The third-order valence-electron chi connectivity index (χ3n) is 1.13. The van der Waals surface area contributed by atoms with Crippen molar-refractivity contribution in [3.8, 4) is 0 Å². The number of carbonyl (C=O) groups is 1. The molecule has 1 atom stereocenters. The zero-order valence-corrected chi connectivity index (χ0v) is 6.52. The van der Waals surface area contributed by atoms with Gasteiger partial charge in [0.1, 0.15) is 0 Å². The van der Waals surface area contributed by atoms with Crippen molar-refractivity contribution in [1.82, 2.24) is 0 Å². The zero-order valence-electron chi connectivity index (χ0n) is 6.52. The summed E-state index contributed by atoms with van der Waals surface area (Å²) in [5.74, 6) is -1.12. The van der Waals surface area contributed by atoms with Crippen molar-refractivity contribution < 1.29 is 22.7 Å². The summed E-state index contributed by atoms with van der Waals surface area (Å²) in [7, 11) is 0. The fourth-order valence-electron chi connectivity index (χ4n) is 0.381. The third-order valence-corrected chi connectivity index (χ3v) is 1.13. The quantitative estimate of drug-likeness (QED) is 0.491. The highest BCUT2D eigenvalue weighted by Crippen LogP contribution is 2.10. The van der Waals surface area contributed by atoms with Crippen molar-refractivity contribution in [2.24, 2.45) is 0 Å². The second-order valence-electron chi connectivity index (χ2n) is 2.05. The summed E-state index contributed by atoms with van der Waals surface area (Å²) in [5, 5.41) is 0. The van der Waals surface area contributed by atoms with Crippen LogP contribution < -0.4 is 0 Å². The Morgan fingerprint density at radius 2 is 2.00 bits per heavy atom. The van der Waals surface area contributed by atoms with Gasteiger partial charge in [0.25, 0.3) is 0 Å². The summed E-state index contributed by atoms with van der Waals surface area (Å²) in [6.07, 6.45) is -5.92. The molecule has 0 aliphatic heterocycles. The van der Waals surface area contributed by atoms with Crippen LogP contribution >= 0.6 is 0 Å². The number of halogens is 3. The maximum Gasteiger partial charge on any atom is 0.336 e. The molecule has 0 aromatic carbocycles. The van der Waals surface area contributed by atoms with Crippen LogP contribution in [-0.4, -0.2) is 18.8 Å². The van der Waals surface area contributed by atoms with Crippen molar-refractivity contribution >= 4 is 5.97 Å². The van der Waals surface area contributed by atoms with Crippen LogP contribution in [0.15, 0.2) is 12.2 Å². The first kappa shape index (κ1) is 11.0. The van der Waals surface area contributed by atoms with Crippen molar-refractivity contribution in [1.29, 1.82) is 0 Å². The minimum absolute atomic E-state index is 0.0294. The Hall–Kier alpha value is -1.00. The molecule has 0 aliphatic carbocycles. The van der Waals surface area contributed by atoms with Gasteiger partial charge < -0.3 is 4.74 Å². The lowest BCUT2D eigenvalue weighted by atomic mass is 10.2. The normalized spacial score (nSPS) is 12.8. The molecule has 0 aliphatic rings. The van der Waals surface area contributed by atoms with Gasteiger partial charge in [-0.15, -0.1) is 0 Å². The molecule has 0 saturated heterocycles. The zero-order chi connectivity index (χ0) is 9.72. The van der Waals surface area contributed by atoms with Gasteiger partial charge in [0, 0.05) is 5.57 Å². The second kappa shape index (κ2) is 4.79. The molecule has 70 valence electrons. The van der Waals surface area contributed by atoms with Crippen molar-refractivity contribution in [2.75, 3.05) is 0 Å². The van der Waals surface area contributed by atoms with Crippen LogP contribution in [0.1, 0.15) is 13.3 Å². The molecule has 0 bridgehead atoms. The minimum Gasteiger partial charge on any atom is -0.421 e.